The Balaban J connectivity index is 2.08. The Morgan fingerprint density at radius 2 is 1.48 bits per heavy atom. The fourth-order valence-corrected chi connectivity index (χ4v) is 2.85. The van der Waals surface area contributed by atoms with Crippen LogP contribution in [0.1, 0.15) is 15.9 Å². The molecule has 27 heavy (non-hydrogen) atoms. The molecule has 0 unspecified atom stereocenters. The highest BCUT2D eigenvalue weighted by Crippen LogP contribution is 2.38. The highest BCUT2D eigenvalue weighted by molar-refractivity contribution is 6.36. The standard InChI is InChI=1S/C18H18Cl2N2O5/c1-25-14-7-10(8-15(26-2)17(14)27-3)18(24)22-21-16(23)9-11-12(19)5-4-6-13(11)20/h4-8H,9H2,1-3H3,(H,21,23)(H,22,24). The van der Waals surface area contributed by atoms with Crippen LogP contribution in [-0.4, -0.2) is 33.1 Å². The maximum atomic E-state index is 12.3. The van der Waals surface area contributed by atoms with Gasteiger partial charge in [0, 0.05) is 15.6 Å². The van der Waals surface area contributed by atoms with Crippen LogP contribution >= 0.6 is 23.2 Å². The van der Waals surface area contributed by atoms with Crippen LogP contribution in [0.15, 0.2) is 30.3 Å². The Morgan fingerprint density at radius 1 is 0.926 bits per heavy atom. The zero-order chi connectivity index (χ0) is 20.0. The van der Waals surface area contributed by atoms with Crippen molar-refractivity contribution in [2.75, 3.05) is 21.3 Å². The van der Waals surface area contributed by atoms with Gasteiger partial charge in [0.15, 0.2) is 11.5 Å². The maximum absolute atomic E-state index is 12.3. The van der Waals surface area contributed by atoms with Crippen molar-refractivity contribution in [3.05, 3.63) is 51.5 Å². The van der Waals surface area contributed by atoms with Gasteiger partial charge in [-0.3, -0.25) is 20.4 Å². The number of methoxy groups -OCH3 is 3. The van der Waals surface area contributed by atoms with Crippen molar-refractivity contribution in [1.29, 1.82) is 0 Å². The minimum absolute atomic E-state index is 0.0892. The molecule has 0 fully saturated rings. The van der Waals surface area contributed by atoms with Crippen LogP contribution in [0.4, 0.5) is 0 Å². The highest BCUT2D eigenvalue weighted by Gasteiger charge is 2.18. The lowest BCUT2D eigenvalue weighted by molar-refractivity contribution is -0.121. The third kappa shape index (κ3) is 4.96. The molecule has 9 heteroatoms. The molecule has 7 nitrogen and oxygen atoms in total. The quantitative estimate of drug-likeness (QED) is 0.712. The van der Waals surface area contributed by atoms with Crippen molar-refractivity contribution in [3.8, 4) is 17.2 Å². The molecule has 0 aliphatic carbocycles. The monoisotopic (exact) mass is 412 g/mol. The molecule has 0 heterocycles. The molecule has 2 aromatic rings. The van der Waals surface area contributed by atoms with E-state index < -0.39 is 11.8 Å². The van der Waals surface area contributed by atoms with E-state index in [1.54, 1.807) is 18.2 Å². The lowest BCUT2D eigenvalue weighted by Crippen LogP contribution is -2.42. The highest BCUT2D eigenvalue weighted by atomic mass is 35.5. The summed E-state index contributed by atoms with van der Waals surface area (Å²) in [5, 5.41) is 0.738. The van der Waals surface area contributed by atoms with E-state index in [1.807, 2.05) is 0 Å². The Bertz CT molecular complexity index is 812. The van der Waals surface area contributed by atoms with Gasteiger partial charge in [-0.2, -0.15) is 0 Å². The number of benzene rings is 2. The lowest BCUT2D eigenvalue weighted by Gasteiger charge is -2.14. The third-order valence-electron chi connectivity index (χ3n) is 3.64. The molecule has 0 spiro atoms. The van der Waals surface area contributed by atoms with E-state index in [0.717, 1.165) is 0 Å². The Kier molecular flexibility index (Phi) is 7.15. The molecule has 144 valence electrons. The number of nitrogens with one attached hydrogen (secondary N) is 2. The molecule has 0 radical (unpaired) electrons. The van der Waals surface area contributed by atoms with Gasteiger partial charge >= 0.3 is 0 Å². The average molecular weight is 413 g/mol. The molecule has 0 saturated carbocycles. The van der Waals surface area contributed by atoms with Gasteiger partial charge in [0.25, 0.3) is 5.91 Å². The fourth-order valence-electron chi connectivity index (χ4n) is 2.32. The topological polar surface area (TPSA) is 85.9 Å². The number of hydrogen-bond acceptors (Lipinski definition) is 5. The van der Waals surface area contributed by atoms with Gasteiger partial charge in [0.05, 0.1) is 27.8 Å². The first-order valence-electron chi connectivity index (χ1n) is 7.73. The van der Waals surface area contributed by atoms with Gasteiger partial charge in [0.2, 0.25) is 11.7 Å². The molecule has 0 saturated heterocycles. The van der Waals surface area contributed by atoms with Crippen molar-refractivity contribution in [3.63, 3.8) is 0 Å². The summed E-state index contributed by atoms with van der Waals surface area (Å²) in [5.74, 6) is -0.0556. The van der Waals surface area contributed by atoms with Crippen molar-refractivity contribution >= 4 is 35.0 Å². The minimum atomic E-state index is -0.562. The molecule has 0 aliphatic rings. The van der Waals surface area contributed by atoms with Crippen LogP contribution in [-0.2, 0) is 11.2 Å². The van der Waals surface area contributed by atoms with Gasteiger partial charge in [-0.25, -0.2) is 0 Å². The van der Waals surface area contributed by atoms with E-state index in [4.69, 9.17) is 37.4 Å². The minimum Gasteiger partial charge on any atom is -0.493 e. The van der Waals surface area contributed by atoms with Crippen LogP contribution in [0.25, 0.3) is 0 Å². The van der Waals surface area contributed by atoms with Crippen LogP contribution in [0, 0.1) is 0 Å². The van der Waals surface area contributed by atoms with Crippen LogP contribution in [0.3, 0.4) is 0 Å². The summed E-state index contributed by atoms with van der Waals surface area (Å²) in [6, 6.07) is 7.87. The molecule has 2 rings (SSSR count). The van der Waals surface area contributed by atoms with E-state index >= 15 is 0 Å². The van der Waals surface area contributed by atoms with Crippen molar-refractivity contribution < 1.29 is 23.8 Å². The first kappa shape index (κ1) is 20.7. The molecular weight excluding hydrogens is 395 g/mol. The zero-order valence-corrected chi connectivity index (χ0v) is 16.4. The van der Waals surface area contributed by atoms with Gasteiger partial charge in [-0.15, -0.1) is 0 Å². The normalized spacial score (nSPS) is 10.1. The SMILES string of the molecule is COc1cc(C(=O)NNC(=O)Cc2c(Cl)cccc2Cl)cc(OC)c1OC. The molecule has 2 amide bonds. The summed E-state index contributed by atoms with van der Waals surface area (Å²) in [5.41, 5.74) is 5.32. The predicted octanol–water partition coefficient (Wildman–Crippen LogP) is 3.02. The molecule has 0 aromatic heterocycles. The third-order valence-corrected chi connectivity index (χ3v) is 4.35. The number of hydrazine groups is 1. The number of halogens is 2. The van der Waals surface area contributed by atoms with Gasteiger partial charge in [0.1, 0.15) is 0 Å². The van der Waals surface area contributed by atoms with E-state index in [2.05, 4.69) is 10.9 Å². The van der Waals surface area contributed by atoms with Crippen molar-refractivity contribution in [2.45, 2.75) is 6.42 Å². The summed E-state index contributed by atoms with van der Waals surface area (Å²) in [6.07, 6.45) is -0.0892. The summed E-state index contributed by atoms with van der Waals surface area (Å²) in [7, 11) is 4.34. The number of carbonyl (C=O) groups excluding carboxylic acids is 2. The summed E-state index contributed by atoms with van der Waals surface area (Å²) in [4.78, 5) is 24.4. The predicted molar refractivity (Wildman–Crippen MR) is 102 cm³/mol. The summed E-state index contributed by atoms with van der Waals surface area (Å²) < 4.78 is 15.6. The zero-order valence-electron chi connectivity index (χ0n) is 14.9. The summed E-state index contributed by atoms with van der Waals surface area (Å²) >= 11 is 12.1. The van der Waals surface area contributed by atoms with E-state index in [-0.39, 0.29) is 12.0 Å². The average Bonchev–Trinajstić information content (AvgIpc) is 2.67. The number of rotatable bonds is 6. The smallest absolute Gasteiger partial charge is 0.269 e. The van der Waals surface area contributed by atoms with E-state index in [9.17, 15) is 9.59 Å². The van der Waals surface area contributed by atoms with Gasteiger partial charge < -0.3 is 14.2 Å². The molecule has 2 N–H and O–H groups in total. The second-order valence-corrected chi connectivity index (χ2v) is 6.11. The molecule has 0 aliphatic heterocycles. The Hall–Kier alpha value is -2.64. The number of amides is 2. The number of ether oxygens (including phenoxy) is 3. The number of hydrogen-bond donors (Lipinski definition) is 2. The van der Waals surface area contributed by atoms with Crippen LogP contribution in [0.2, 0.25) is 10.0 Å². The van der Waals surface area contributed by atoms with Gasteiger partial charge in [-0.05, 0) is 29.8 Å². The molecular formula is C18H18Cl2N2O5. The fraction of sp³-hybridized carbons (Fsp3) is 0.222. The van der Waals surface area contributed by atoms with Gasteiger partial charge in [-0.1, -0.05) is 29.3 Å². The second-order valence-electron chi connectivity index (χ2n) is 5.29. The largest absolute Gasteiger partial charge is 0.493 e. The van der Waals surface area contributed by atoms with Crippen LogP contribution in [0.5, 0.6) is 17.2 Å². The van der Waals surface area contributed by atoms with E-state index in [1.165, 1.54) is 33.5 Å². The van der Waals surface area contributed by atoms with Crippen LogP contribution < -0.4 is 25.1 Å². The first-order chi connectivity index (χ1) is 12.9. The molecule has 0 atom stereocenters. The Labute approximate surface area is 166 Å². The first-order valence-corrected chi connectivity index (χ1v) is 8.49. The molecule has 0 bridgehead atoms. The second kappa shape index (κ2) is 9.34. The number of carbonyl (C=O) groups is 2. The van der Waals surface area contributed by atoms with Crippen molar-refractivity contribution in [2.24, 2.45) is 0 Å². The summed E-state index contributed by atoms with van der Waals surface area (Å²) in [6.45, 7) is 0. The Morgan fingerprint density at radius 3 is 1.96 bits per heavy atom. The molecule has 2 aromatic carbocycles. The maximum Gasteiger partial charge on any atom is 0.269 e. The van der Waals surface area contributed by atoms with E-state index in [0.29, 0.717) is 32.9 Å². The lowest BCUT2D eigenvalue weighted by atomic mass is 10.1. The van der Waals surface area contributed by atoms with Crippen molar-refractivity contribution in [1.82, 2.24) is 10.9 Å².